The van der Waals surface area contributed by atoms with Gasteiger partial charge in [-0.25, -0.2) is 0 Å². The van der Waals surface area contributed by atoms with Crippen molar-refractivity contribution < 1.29 is 14.7 Å². The van der Waals surface area contributed by atoms with Crippen molar-refractivity contribution in [3.8, 4) is 17.1 Å². The standard InChI is InChI=1S/C15H11NO3/c17-11-7-5-10(6-8-11)15-9-13(16-18)12-3-1-2-4-14(12)19-15/h1-9,17-18H. The number of phenols is 1. The molecule has 3 rings (SSSR count). The molecule has 19 heavy (non-hydrogen) atoms. The van der Waals surface area contributed by atoms with Crippen LogP contribution in [-0.4, -0.2) is 10.3 Å². The van der Waals surface area contributed by atoms with Gasteiger partial charge in [-0.15, -0.1) is 0 Å². The van der Waals surface area contributed by atoms with E-state index in [1.807, 2.05) is 24.3 Å². The molecule has 0 saturated heterocycles. The monoisotopic (exact) mass is 253 g/mol. The average Bonchev–Trinajstić information content (AvgIpc) is 2.47. The van der Waals surface area contributed by atoms with Crippen molar-refractivity contribution in [1.82, 2.24) is 0 Å². The van der Waals surface area contributed by atoms with Crippen molar-refractivity contribution in [2.24, 2.45) is 5.16 Å². The molecule has 0 aliphatic heterocycles. The highest BCUT2D eigenvalue weighted by atomic mass is 16.4. The highest BCUT2D eigenvalue weighted by Crippen LogP contribution is 2.23. The predicted molar refractivity (Wildman–Crippen MR) is 70.7 cm³/mol. The minimum atomic E-state index is 0.191. The van der Waals surface area contributed by atoms with Gasteiger partial charge >= 0.3 is 0 Å². The van der Waals surface area contributed by atoms with Crippen LogP contribution in [0.1, 0.15) is 0 Å². The highest BCUT2D eigenvalue weighted by Gasteiger charge is 2.05. The number of fused-ring (bicyclic) bond motifs is 1. The van der Waals surface area contributed by atoms with Gasteiger partial charge in [0.2, 0.25) is 0 Å². The minimum Gasteiger partial charge on any atom is -0.508 e. The Morgan fingerprint density at radius 3 is 2.42 bits per heavy atom. The number of aromatic hydroxyl groups is 1. The van der Waals surface area contributed by atoms with Gasteiger partial charge in [0, 0.05) is 17.0 Å². The maximum Gasteiger partial charge on any atom is 0.136 e. The first kappa shape index (κ1) is 11.3. The fourth-order valence-electron chi connectivity index (χ4n) is 1.97. The van der Waals surface area contributed by atoms with Crippen LogP contribution in [0.2, 0.25) is 0 Å². The zero-order valence-electron chi connectivity index (χ0n) is 9.95. The average molecular weight is 253 g/mol. The van der Waals surface area contributed by atoms with Gasteiger partial charge in [0.15, 0.2) is 0 Å². The van der Waals surface area contributed by atoms with Crippen molar-refractivity contribution in [2.75, 3.05) is 0 Å². The van der Waals surface area contributed by atoms with Crippen LogP contribution in [-0.2, 0) is 0 Å². The molecule has 0 bridgehead atoms. The summed E-state index contributed by atoms with van der Waals surface area (Å²) < 4.78 is 5.78. The fraction of sp³-hybridized carbons (Fsp3) is 0. The van der Waals surface area contributed by atoms with Gasteiger partial charge in [0.05, 0.1) is 0 Å². The molecule has 0 radical (unpaired) electrons. The van der Waals surface area contributed by atoms with Gasteiger partial charge in [-0.2, -0.15) is 0 Å². The molecular formula is C15H11NO3. The number of phenolic OH excluding ortho intramolecular Hbond substituents is 1. The summed E-state index contributed by atoms with van der Waals surface area (Å²) in [6, 6.07) is 15.7. The van der Waals surface area contributed by atoms with Crippen LogP contribution >= 0.6 is 0 Å². The lowest BCUT2D eigenvalue weighted by molar-refractivity contribution is 0.302. The van der Waals surface area contributed by atoms with Crippen LogP contribution in [0.15, 0.2) is 64.2 Å². The Kier molecular flexibility index (Phi) is 2.68. The normalized spacial score (nSPS) is 11.9. The topological polar surface area (TPSA) is 66.0 Å². The Morgan fingerprint density at radius 1 is 0.947 bits per heavy atom. The van der Waals surface area contributed by atoms with E-state index in [4.69, 9.17) is 9.62 Å². The van der Waals surface area contributed by atoms with Gasteiger partial charge in [-0.3, -0.25) is 0 Å². The smallest absolute Gasteiger partial charge is 0.136 e. The highest BCUT2D eigenvalue weighted by molar-refractivity contribution is 5.78. The largest absolute Gasteiger partial charge is 0.508 e. The Hall–Kier alpha value is -2.75. The summed E-state index contributed by atoms with van der Waals surface area (Å²) in [4.78, 5) is 0. The number of hydrogen-bond donors (Lipinski definition) is 2. The van der Waals surface area contributed by atoms with Gasteiger partial charge in [-0.1, -0.05) is 17.3 Å². The first-order valence-corrected chi connectivity index (χ1v) is 5.78. The van der Waals surface area contributed by atoms with Crippen LogP contribution in [0, 0.1) is 0 Å². The number of benzene rings is 2. The molecule has 0 fully saturated rings. The van der Waals surface area contributed by atoms with E-state index in [2.05, 4.69) is 5.16 Å². The SMILES string of the molecule is ON=c1cc(-c2ccc(O)cc2)oc2ccccc12. The molecule has 94 valence electrons. The summed E-state index contributed by atoms with van der Waals surface area (Å²) in [7, 11) is 0. The molecule has 0 unspecified atom stereocenters. The Labute approximate surface area is 108 Å². The molecule has 2 N–H and O–H groups in total. The summed E-state index contributed by atoms with van der Waals surface area (Å²) >= 11 is 0. The molecular weight excluding hydrogens is 242 g/mol. The number of rotatable bonds is 1. The van der Waals surface area contributed by atoms with Crippen LogP contribution < -0.4 is 5.36 Å². The second kappa shape index (κ2) is 4.49. The zero-order chi connectivity index (χ0) is 13.2. The van der Waals surface area contributed by atoms with E-state index in [-0.39, 0.29) is 5.75 Å². The minimum absolute atomic E-state index is 0.191. The Bertz CT molecular complexity index is 788. The molecule has 0 spiro atoms. The van der Waals surface area contributed by atoms with Crippen LogP contribution in [0.25, 0.3) is 22.3 Å². The second-order valence-corrected chi connectivity index (χ2v) is 4.14. The molecule has 0 aliphatic rings. The van der Waals surface area contributed by atoms with E-state index in [9.17, 15) is 5.11 Å². The molecule has 2 aromatic carbocycles. The lowest BCUT2D eigenvalue weighted by Crippen LogP contribution is -2.02. The van der Waals surface area contributed by atoms with E-state index < -0.39 is 0 Å². The zero-order valence-corrected chi connectivity index (χ0v) is 9.95. The number of hydrogen-bond acceptors (Lipinski definition) is 4. The molecule has 0 aliphatic carbocycles. The van der Waals surface area contributed by atoms with Crippen molar-refractivity contribution in [1.29, 1.82) is 0 Å². The van der Waals surface area contributed by atoms with E-state index in [0.29, 0.717) is 16.7 Å². The summed E-state index contributed by atoms with van der Waals surface area (Å²) in [5, 5.41) is 22.9. The molecule has 3 aromatic rings. The van der Waals surface area contributed by atoms with Crippen molar-refractivity contribution in [3.05, 3.63) is 60.0 Å². The molecule has 1 aromatic heterocycles. The third-order valence-electron chi connectivity index (χ3n) is 2.91. The molecule has 0 saturated carbocycles. The third kappa shape index (κ3) is 2.04. The van der Waals surface area contributed by atoms with E-state index in [1.165, 1.54) is 0 Å². The van der Waals surface area contributed by atoms with Crippen LogP contribution in [0.4, 0.5) is 0 Å². The Morgan fingerprint density at radius 2 is 1.68 bits per heavy atom. The van der Waals surface area contributed by atoms with E-state index in [1.54, 1.807) is 30.3 Å². The lowest BCUT2D eigenvalue weighted by atomic mass is 10.1. The molecule has 4 heteroatoms. The summed E-state index contributed by atoms with van der Waals surface area (Å²) in [5.74, 6) is 0.767. The lowest BCUT2D eigenvalue weighted by Gasteiger charge is -2.04. The quantitative estimate of drug-likeness (QED) is 0.517. The second-order valence-electron chi connectivity index (χ2n) is 4.14. The third-order valence-corrected chi connectivity index (χ3v) is 2.91. The van der Waals surface area contributed by atoms with Crippen molar-refractivity contribution >= 4 is 11.0 Å². The fourth-order valence-corrected chi connectivity index (χ4v) is 1.97. The maximum absolute atomic E-state index is 9.29. The molecule has 0 atom stereocenters. The maximum atomic E-state index is 9.29. The van der Waals surface area contributed by atoms with E-state index in [0.717, 1.165) is 10.9 Å². The first-order valence-electron chi connectivity index (χ1n) is 5.78. The van der Waals surface area contributed by atoms with Gasteiger partial charge in [0.1, 0.15) is 22.5 Å². The number of nitrogens with zero attached hydrogens (tertiary/aromatic N) is 1. The van der Waals surface area contributed by atoms with Crippen LogP contribution in [0.3, 0.4) is 0 Å². The first-order chi connectivity index (χ1) is 9.28. The molecule has 0 amide bonds. The van der Waals surface area contributed by atoms with Crippen molar-refractivity contribution in [3.63, 3.8) is 0 Å². The molecule has 1 heterocycles. The van der Waals surface area contributed by atoms with E-state index >= 15 is 0 Å². The summed E-state index contributed by atoms with van der Waals surface area (Å²) in [6.07, 6.45) is 0. The van der Waals surface area contributed by atoms with Crippen molar-refractivity contribution in [2.45, 2.75) is 0 Å². The summed E-state index contributed by atoms with van der Waals surface area (Å²) in [5.41, 5.74) is 1.44. The van der Waals surface area contributed by atoms with Gasteiger partial charge < -0.3 is 14.7 Å². The van der Waals surface area contributed by atoms with Gasteiger partial charge in [0.25, 0.3) is 0 Å². The van der Waals surface area contributed by atoms with Gasteiger partial charge in [-0.05, 0) is 36.4 Å². The number of para-hydroxylation sites is 1. The molecule has 4 nitrogen and oxygen atoms in total. The van der Waals surface area contributed by atoms with Crippen LogP contribution in [0.5, 0.6) is 5.75 Å². The predicted octanol–water partition coefficient (Wildman–Crippen LogP) is 3.10. The summed E-state index contributed by atoms with van der Waals surface area (Å²) in [6.45, 7) is 0. The Balaban J connectivity index is 2.28.